The average molecular weight is 348 g/mol. The maximum Gasteiger partial charge on any atom is 0.118 e. The molecular weight excluding hydrogens is 320 g/mol. The van der Waals surface area contributed by atoms with Crippen molar-refractivity contribution in [2.45, 2.75) is 45.8 Å². The van der Waals surface area contributed by atoms with E-state index in [9.17, 15) is 0 Å². The minimum absolute atomic E-state index is 0.590. The third kappa shape index (κ3) is 3.01. The van der Waals surface area contributed by atoms with E-state index in [-0.39, 0.29) is 0 Å². The second-order valence-electron chi connectivity index (χ2n) is 7.66. The highest BCUT2D eigenvalue weighted by Gasteiger charge is 2.26. The van der Waals surface area contributed by atoms with Gasteiger partial charge in [-0.05, 0) is 62.7 Å². The second-order valence-corrected chi connectivity index (χ2v) is 7.66. The van der Waals surface area contributed by atoms with Crippen molar-refractivity contribution in [3.8, 4) is 5.75 Å². The first-order valence-corrected chi connectivity index (χ1v) is 9.50. The van der Waals surface area contributed by atoms with Crippen LogP contribution in [0.5, 0.6) is 5.75 Å². The molecule has 0 amide bonds. The van der Waals surface area contributed by atoms with Crippen molar-refractivity contribution < 1.29 is 4.74 Å². The van der Waals surface area contributed by atoms with Gasteiger partial charge in [-0.2, -0.15) is 0 Å². The highest BCUT2D eigenvalue weighted by molar-refractivity contribution is 5.86. The van der Waals surface area contributed by atoms with Crippen molar-refractivity contribution in [2.24, 2.45) is 0 Å². The van der Waals surface area contributed by atoms with Crippen LogP contribution in [-0.4, -0.2) is 29.7 Å². The Hall–Kier alpha value is -2.26. The molecule has 1 atom stereocenters. The number of ether oxygens (including phenoxy) is 1. The summed E-state index contributed by atoms with van der Waals surface area (Å²) < 4.78 is 7.84. The van der Waals surface area contributed by atoms with Crippen LogP contribution in [0.2, 0.25) is 0 Å². The number of aryl methyl sites for hydroxylation is 3. The fraction of sp³-hybridized carbons (Fsp3) is 0.391. The standard InChI is InChI=1S/C23H28N2O/c1-16-5-10-22-20(13-16)21-15-24(3)17(2)14-23(21)25(22)12-11-18-6-8-19(26-4)9-7-18/h5-10,13,17H,11-12,14-15H2,1-4H3. The Labute approximate surface area is 156 Å². The van der Waals surface area contributed by atoms with Gasteiger partial charge in [0.05, 0.1) is 7.11 Å². The molecule has 3 aromatic rings. The predicted octanol–water partition coefficient (Wildman–Crippen LogP) is 4.58. The normalized spacial score (nSPS) is 17.5. The summed E-state index contributed by atoms with van der Waals surface area (Å²) in [5.74, 6) is 0.921. The lowest BCUT2D eigenvalue weighted by atomic mass is 9.99. The van der Waals surface area contributed by atoms with E-state index in [0.717, 1.165) is 31.7 Å². The number of nitrogens with zero attached hydrogens (tertiary/aromatic N) is 2. The van der Waals surface area contributed by atoms with Crippen molar-refractivity contribution in [3.05, 3.63) is 64.8 Å². The maximum atomic E-state index is 5.27. The minimum Gasteiger partial charge on any atom is -0.497 e. The highest BCUT2D eigenvalue weighted by Crippen LogP contribution is 2.33. The van der Waals surface area contributed by atoms with Crippen LogP contribution in [0.4, 0.5) is 0 Å². The fourth-order valence-corrected chi connectivity index (χ4v) is 4.13. The molecule has 136 valence electrons. The molecule has 1 aliphatic rings. The summed E-state index contributed by atoms with van der Waals surface area (Å²) >= 11 is 0. The van der Waals surface area contributed by atoms with E-state index >= 15 is 0 Å². The van der Waals surface area contributed by atoms with Crippen LogP contribution in [0, 0.1) is 6.92 Å². The van der Waals surface area contributed by atoms with Crippen LogP contribution in [0.1, 0.15) is 29.3 Å². The molecule has 0 saturated carbocycles. The third-order valence-corrected chi connectivity index (χ3v) is 5.87. The first-order chi connectivity index (χ1) is 12.6. The lowest BCUT2D eigenvalue weighted by Gasteiger charge is -2.31. The molecule has 2 heterocycles. The molecule has 1 unspecified atom stereocenters. The Balaban J connectivity index is 1.70. The first-order valence-electron chi connectivity index (χ1n) is 9.50. The number of hydrogen-bond acceptors (Lipinski definition) is 2. The molecule has 0 spiro atoms. The summed E-state index contributed by atoms with van der Waals surface area (Å²) in [4.78, 5) is 2.47. The van der Waals surface area contributed by atoms with Gasteiger partial charge >= 0.3 is 0 Å². The molecule has 0 bridgehead atoms. The second kappa shape index (κ2) is 6.81. The number of fused-ring (bicyclic) bond motifs is 3. The summed E-state index contributed by atoms with van der Waals surface area (Å²) in [6.45, 7) is 6.60. The van der Waals surface area contributed by atoms with E-state index in [0.29, 0.717) is 6.04 Å². The Kier molecular flexibility index (Phi) is 4.49. The van der Waals surface area contributed by atoms with Crippen LogP contribution in [0.15, 0.2) is 42.5 Å². The molecule has 0 fully saturated rings. The van der Waals surface area contributed by atoms with E-state index in [2.05, 4.69) is 72.8 Å². The van der Waals surface area contributed by atoms with Gasteiger partial charge in [0.25, 0.3) is 0 Å². The topological polar surface area (TPSA) is 17.4 Å². The summed E-state index contributed by atoms with van der Waals surface area (Å²) in [5.41, 5.74) is 7.14. The summed E-state index contributed by atoms with van der Waals surface area (Å²) in [5, 5.41) is 1.44. The van der Waals surface area contributed by atoms with E-state index < -0.39 is 0 Å². The molecule has 3 nitrogen and oxygen atoms in total. The summed E-state index contributed by atoms with van der Waals surface area (Å²) in [6.07, 6.45) is 2.17. The van der Waals surface area contributed by atoms with Crippen molar-refractivity contribution in [1.29, 1.82) is 0 Å². The van der Waals surface area contributed by atoms with Crippen molar-refractivity contribution >= 4 is 10.9 Å². The molecule has 3 heteroatoms. The van der Waals surface area contributed by atoms with E-state index in [1.54, 1.807) is 7.11 Å². The van der Waals surface area contributed by atoms with Gasteiger partial charge < -0.3 is 9.30 Å². The number of likely N-dealkylation sites (N-methyl/N-ethyl adjacent to an activating group) is 1. The average Bonchev–Trinajstić information content (AvgIpc) is 2.93. The minimum atomic E-state index is 0.590. The van der Waals surface area contributed by atoms with Gasteiger partial charge in [0.2, 0.25) is 0 Å². The van der Waals surface area contributed by atoms with Crippen LogP contribution in [0.25, 0.3) is 10.9 Å². The molecule has 1 aromatic heterocycles. The van der Waals surface area contributed by atoms with Crippen molar-refractivity contribution in [1.82, 2.24) is 9.47 Å². The van der Waals surface area contributed by atoms with Gasteiger partial charge in [0.1, 0.15) is 5.75 Å². The number of hydrogen-bond donors (Lipinski definition) is 0. The van der Waals surface area contributed by atoms with E-state index in [1.807, 2.05) is 0 Å². The third-order valence-electron chi connectivity index (χ3n) is 5.87. The van der Waals surface area contributed by atoms with E-state index in [4.69, 9.17) is 4.74 Å². The molecule has 2 aromatic carbocycles. The molecule has 0 N–H and O–H groups in total. The predicted molar refractivity (Wildman–Crippen MR) is 108 cm³/mol. The largest absolute Gasteiger partial charge is 0.497 e. The summed E-state index contributed by atoms with van der Waals surface area (Å²) in [6, 6.07) is 16.0. The monoisotopic (exact) mass is 348 g/mol. The zero-order valence-electron chi connectivity index (χ0n) is 16.2. The van der Waals surface area contributed by atoms with Gasteiger partial charge in [0, 0.05) is 42.1 Å². The lowest BCUT2D eigenvalue weighted by Crippen LogP contribution is -2.35. The van der Waals surface area contributed by atoms with Gasteiger partial charge in [-0.15, -0.1) is 0 Å². The zero-order valence-corrected chi connectivity index (χ0v) is 16.2. The quantitative estimate of drug-likeness (QED) is 0.687. The summed E-state index contributed by atoms with van der Waals surface area (Å²) in [7, 11) is 3.96. The Morgan fingerprint density at radius 2 is 1.88 bits per heavy atom. The van der Waals surface area contributed by atoms with Crippen molar-refractivity contribution in [3.63, 3.8) is 0 Å². The molecule has 0 radical (unpaired) electrons. The number of methoxy groups -OCH3 is 1. The van der Waals surface area contributed by atoms with Crippen LogP contribution >= 0.6 is 0 Å². The van der Waals surface area contributed by atoms with Gasteiger partial charge in [0.15, 0.2) is 0 Å². The molecule has 26 heavy (non-hydrogen) atoms. The number of aromatic nitrogens is 1. The van der Waals surface area contributed by atoms with Crippen LogP contribution in [0.3, 0.4) is 0 Å². The van der Waals surface area contributed by atoms with Gasteiger partial charge in [-0.3, -0.25) is 4.90 Å². The fourth-order valence-electron chi connectivity index (χ4n) is 4.13. The molecule has 1 aliphatic heterocycles. The van der Waals surface area contributed by atoms with Crippen LogP contribution < -0.4 is 4.74 Å². The highest BCUT2D eigenvalue weighted by atomic mass is 16.5. The number of rotatable bonds is 4. The van der Waals surface area contributed by atoms with Crippen LogP contribution in [-0.2, 0) is 25.9 Å². The Morgan fingerprint density at radius 1 is 1.12 bits per heavy atom. The van der Waals surface area contributed by atoms with E-state index in [1.165, 1.54) is 33.3 Å². The zero-order chi connectivity index (χ0) is 18.3. The van der Waals surface area contributed by atoms with Gasteiger partial charge in [-0.1, -0.05) is 23.8 Å². The number of benzene rings is 2. The molecule has 0 aliphatic carbocycles. The molecule has 4 rings (SSSR count). The van der Waals surface area contributed by atoms with Crippen molar-refractivity contribution in [2.75, 3.05) is 14.2 Å². The molecular formula is C23H28N2O. The smallest absolute Gasteiger partial charge is 0.118 e. The SMILES string of the molecule is COc1ccc(CCn2c3c(c4cc(C)ccc42)CN(C)C(C)C3)cc1. The lowest BCUT2D eigenvalue weighted by molar-refractivity contribution is 0.228. The van der Waals surface area contributed by atoms with Gasteiger partial charge in [-0.25, -0.2) is 0 Å². The Morgan fingerprint density at radius 3 is 2.62 bits per heavy atom. The maximum absolute atomic E-state index is 5.27. The molecule has 0 saturated heterocycles. The Bertz CT molecular complexity index is 924. The first kappa shape index (κ1) is 17.2.